The highest BCUT2D eigenvalue weighted by Gasteiger charge is 2.18. The van der Waals surface area contributed by atoms with E-state index in [0.29, 0.717) is 6.61 Å². The second kappa shape index (κ2) is 5.56. The lowest BCUT2D eigenvalue weighted by Gasteiger charge is -2.35. The van der Waals surface area contributed by atoms with E-state index in [-0.39, 0.29) is 0 Å². The van der Waals surface area contributed by atoms with Crippen molar-refractivity contribution in [2.45, 2.75) is 27.2 Å². The van der Waals surface area contributed by atoms with Crippen LogP contribution in [0.3, 0.4) is 0 Å². The van der Waals surface area contributed by atoms with Gasteiger partial charge in [-0.05, 0) is 20.8 Å². The van der Waals surface area contributed by atoms with Gasteiger partial charge in [-0.2, -0.15) is 0 Å². The lowest BCUT2D eigenvalue weighted by molar-refractivity contribution is -0.923. The number of aliphatic hydroxyl groups excluding tert-OH is 1. The summed E-state index contributed by atoms with van der Waals surface area (Å²) >= 11 is 0. The molecule has 0 bridgehead atoms. The number of nitrogens with zero attached hydrogens (tertiary/aromatic N) is 1. The molecule has 0 fully saturated rings. The lowest BCUT2D eigenvalue weighted by Crippen LogP contribution is -2.48. The van der Waals surface area contributed by atoms with Crippen molar-refractivity contribution < 1.29 is 9.59 Å². The van der Waals surface area contributed by atoms with E-state index >= 15 is 0 Å². The van der Waals surface area contributed by atoms with Gasteiger partial charge in [-0.25, -0.2) is 0 Å². The molecule has 2 nitrogen and oxygen atoms in total. The Labute approximate surface area is 70.4 Å². The van der Waals surface area contributed by atoms with Crippen LogP contribution in [-0.2, 0) is 0 Å². The molecule has 0 aliphatic carbocycles. The van der Waals surface area contributed by atoms with Gasteiger partial charge in [0.2, 0.25) is 0 Å². The zero-order chi connectivity index (χ0) is 8.74. The van der Waals surface area contributed by atoms with Crippen molar-refractivity contribution in [3.63, 3.8) is 0 Å². The van der Waals surface area contributed by atoms with Crippen molar-refractivity contribution in [3.8, 4) is 0 Å². The normalized spacial score (nSPS) is 12.0. The molecule has 0 amide bonds. The Hall–Kier alpha value is -0.0800. The van der Waals surface area contributed by atoms with Gasteiger partial charge in [-0.3, -0.25) is 0 Å². The fraction of sp³-hybridized carbons (Fsp3) is 1.00. The predicted octanol–water partition coefficient (Wildman–Crippen LogP) is 1.25. The first-order chi connectivity index (χ1) is 5.24. The average molecular weight is 160 g/mol. The quantitative estimate of drug-likeness (QED) is 0.580. The van der Waals surface area contributed by atoms with Gasteiger partial charge in [0.25, 0.3) is 0 Å². The van der Waals surface area contributed by atoms with Crippen LogP contribution in [0.15, 0.2) is 0 Å². The van der Waals surface area contributed by atoms with Crippen LogP contribution in [0, 0.1) is 0 Å². The summed E-state index contributed by atoms with van der Waals surface area (Å²) in [6, 6.07) is 0. The summed E-state index contributed by atoms with van der Waals surface area (Å²) in [6.45, 7) is 11.7. The van der Waals surface area contributed by atoms with Crippen LogP contribution in [0.25, 0.3) is 0 Å². The Bertz CT molecular complexity index is 81.3. The highest BCUT2D eigenvalue weighted by atomic mass is 16.3. The zero-order valence-electron chi connectivity index (χ0n) is 8.14. The fourth-order valence-corrected chi connectivity index (χ4v) is 1.55. The van der Waals surface area contributed by atoms with E-state index in [0.717, 1.165) is 17.4 Å². The maximum absolute atomic E-state index is 8.71. The monoisotopic (exact) mass is 160 g/mol. The predicted molar refractivity (Wildman–Crippen MR) is 48.5 cm³/mol. The Kier molecular flexibility index (Phi) is 5.51. The molecule has 0 aliphatic heterocycles. The molecule has 68 valence electrons. The molecule has 0 rings (SSSR count). The molecule has 0 aromatic carbocycles. The molecule has 1 N–H and O–H groups in total. The zero-order valence-corrected chi connectivity index (χ0v) is 8.14. The first-order valence-electron chi connectivity index (χ1n) is 4.70. The molecule has 0 radical (unpaired) electrons. The van der Waals surface area contributed by atoms with Gasteiger partial charge in [0, 0.05) is 13.0 Å². The van der Waals surface area contributed by atoms with Gasteiger partial charge in [-0.1, -0.05) is 0 Å². The van der Waals surface area contributed by atoms with Crippen LogP contribution in [0.1, 0.15) is 27.2 Å². The van der Waals surface area contributed by atoms with E-state index in [1.165, 1.54) is 19.6 Å². The minimum atomic E-state index is 0.333. The Morgan fingerprint density at radius 1 is 1.00 bits per heavy atom. The third-order valence-electron chi connectivity index (χ3n) is 2.80. The van der Waals surface area contributed by atoms with Gasteiger partial charge in [0.05, 0.1) is 26.2 Å². The third kappa shape index (κ3) is 3.21. The molecule has 11 heavy (non-hydrogen) atoms. The van der Waals surface area contributed by atoms with E-state index < -0.39 is 0 Å². The molecule has 0 aromatic rings. The summed E-state index contributed by atoms with van der Waals surface area (Å²) < 4.78 is 1.15. The Morgan fingerprint density at radius 2 is 1.45 bits per heavy atom. The number of aliphatic hydroxyl groups is 1. The summed E-state index contributed by atoms with van der Waals surface area (Å²) in [5, 5.41) is 8.71. The summed E-state index contributed by atoms with van der Waals surface area (Å²) in [4.78, 5) is 0. The summed E-state index contributed by atoms with van der Waals surface area (Å²) in [7, 11) is 0. The standard InChI is InChI=1S/C9H22NO/c1-4-10(5-2,6-3)8-7-9-11/h11H,4-9H2,1-3H3/q+1. The third-order valence-corrected chi connectivity index (χ3v) is 2.80. The van der Waals surface area contributed by atoms with Crippen LogP contribution in [-0.4, -0.2) is 42.4 Å². The van der Waals surface area contributed by atoms with Crippen molar-refractivity contribution in [2.75, 3.05) is 32.8 Å². The van der Waals surface area contributed by atoms with Gasteiger partial charge in [0.1, 0.15) is 0 Å². The molecule has 0 aromatic heterocycles. The second-order valence-corrected chi connectivity index (χ2v) is 3.09. The largest absolute Gasteiger partial charge is 0.396 e. The maximum Gasteiger partial charge on any atom is 0.0808 e. The summed E-state index contributed by atoms with van der Waals surface area (Å²) in [5.74, 6) is 0. The molecule has 0 heterocycles. The number of rotatable bonds is 6. The van der Waals surface area contributed by atoms with E-state index in [1.54, 1.807) is 0 Å². The van der Waals surface area contributed by atoms with E-state index in [1.807, 2.05) is 0 Å². The first kappa shape index (κ1) is 10.9. The molecule has 0 atom stereocenters. The summed E-state index contributed by atoms with van der Waals surface area (Å²) in [6.07, 6.45) is 0.940. The minimum Gasteiger partial charge on any atom is -0.396 e. The molecule has 0 aliphatic rings. The maximum atomic E-state index is 8.71. The molecular weight excluding hydrogens is 138 g/mol. The van der Waals surface area contributed by atoms with Crippen molar-refractivity contribution in [2.24, 2.45) is 0 Å². The van der Waals surface area contributed by atoms with Crippen molar-refractivity contribution in [1.29, 1.82) is 0 Å². The molecule has 0 unspecified atom stereocenters. The number of hydrogen-bond donors (Lipinski definition) is 1. The van der Waals surface area contributed by atoms with Gasteiger partial charge in [0.15, 0.2) is 0 Å². The van der Waals surface area contributed by atoms with Crippen LogP contribution in [0.2, 0.25) is 0 Å². The van der Waals surface area contributed by atoms with E-state index in [2.05, 4.69) is 20.8 Å². The highest BCUT2D eigenvalue weighted by Crippen LogP contribution is 2.06. The number of hydrogen-bond acceptors (Lipinski definition) is 1. The van der Waals surface area contributed by atoms with Crippen molar-refractivity contribution in [1.82, 2.24) is 0 Å². The number of quaternary nitrogens is 1. The fourth-order valence-electron chi connectivity index (χ4n) is 1.55. The first-order valence-corrected chi connectivity index (χ1v) is 4.70. The molecule has 0 spiro atoms. The average Bonchev–Trinajstić information content (AvgIpc) is 2.08. The van der Waals surface area contributed by atoms with E-state index in [9.17, 15) is 0 Å². The smallest absolute Gasteiger partial charge is 0.0808 e. The molecule has 0 saturated carbocycles. The SMILES string of the molecule is CC[N+](CC)(CC)CCCO. The Morgan fingerprint density at radius 3 is 1.73 bits per heavy atom. The molecular formula is C9H22NO+. The van der Waals surface area contributed by atoms with Crippen LogP contribution < -0.4 is 0 Å². The molecule has 0 saturated heterocycles. The minimum absolute atomic E-state index is 0.333. The van der Waals surface area contributed by atoms with Crippen molar-refractivity contribution >= 4 is 0 Å². The van der Waals surface area contributed by atoms with Crippen LogP contribution in [0.5, 0.6) is 0 Å². The topological polar surface area (TPSA) is 20.2 Å². The summed E-state index contributed by atoms with van der Waals surface area (Å²) in [5.41, 5.74) is 0. The van der Waals surface area contributed by atoms with Gasteiger partial charge in [-0.15, -0.1) is 0 Å². The van der Waals surface area contributed by atoms with Gasteiger partial charge >= 0.3 is 0 Å². The Balaban J connectivity index is 3.84. The van der Waals surface area contributed by atoms with E-state index in [4.69, 9.17) is 5.11 Å². The molecule has 2 heteroatoms. The van der Waals surface area contributed by atoms with Crippen LogP contribution >= 0.6 is 0 Å². The van der Waals surface area contributed by atoms with Gasteiger partial charge < -0.3 is 9.59 Å². The second-order valence-electron chi connectivity index (χ2n) is 3.09. The highest BCUT2D eigenvalue weighted by molar-refractivity contribution is 4.38. The lowest BCUT2D eigenvalue weighted by atomic mass is 10.3. The van der Waals surface area contributed by atoms with Crippen molar-refractivity contribution in [3.05, 3.63) is 0 Å². The van der Waals surface area contributed by atoms with Crippen LogP contribution in [0.4, 0.5) is 0 Å².